The van der Waals surface area contributed by atoms with Crippen molar-refractivity contribution in [1.29, 1.82) is 0 Å². The van der Waals surface area contributed by atoms with Crippen LogP contribution in [0.4, 0.5) is 0 Å². The molecule has 0 aliphatic rings. The van der Waals surface area contributed by atoms with Gasteiger partial charge in [0.1, 0.15) is 11.5 Å². The number of benzene rings is 2. The quantitative estimate of drug-likeness (QED) is 0.548. The molecule has 2 aromatic carbocycles. The minimum atomic E-state index is -3.62. The zero-order valence-corrected chi connectivity index (χ0v) is 15.8. The molecule has 0 bridgehead atoms. The lowest BCUT2D eigenvalue weighted by molar-refractivity contribution is 0.495. The fraction of sp³-hybridized carbons (Fsp3) is 0.150. The predicted molar refractivity (Wildman–Crippen MR) is 104 cm³/mol. The number of fused-ring (bicyclic) bond motifs is 1. The summed E-state index contributed by atoms with van der Waals surface area (Å²) in [6, 6.07) is 14.4. The Bertz CT molecular complexity index is 1200. The summed E-state index contributed by atoms with van der Waals surface area (Å²) >= 11 is 0. The van der Waals surface area contributed by atoms with Crippen LogP contribution in [0.3, 0.4) is 0 Å². The lowest BCUT2D eigenvalue weighted by Gasteiger charge is -2.07. The van der Waals surface area contributed by atoms with E-state index < -0.39 is 10.0 Å². The molecule has 0 atom stereocenters. The van der Waals surface area contributed by atoms with Gasteiger partial charge < -0.3 is 9.40 Å². The number of aryl methyl sites for hydroxylation is 2. The Hall–Kier alpha value is -2.90. The highest BCUT2D eigenvalue weighted by Gasteiger charge is 2.16. The molecule has 4 rings (SSSR count). The maximum Gasteiger partial charge on any atom is 0.240 e. The molecule has 0 fully saturated rings. The van der Waals surface area contributed by atoms with Gasteiger partial charge in [0.05, 0.1) is 4.90 Å². The number of aromatic nitrogens is 2. The van der Waals surface area contributed by atoms with Crippen LogP contribution in [0.2, 0.25) is 0 Å². The van der Waals surface area contributed by atoms with E-state index in [1.807, 2.05) is 37.4 Å². The lowest BCUT2D eigenvalue weighted by Crippen LogP contribution is -2.23. The first-order chi connectivity index (χ1) is 12.9. The van der Waals surface area contributed by atoms with Gasteiger partial charge in [-0.25, -0.2) is 18.1 Å². The number of hydrogen-bond donors (Lipinski definition) is 2. The zero-order chi connectivity index (χ0) is 19.0. The molecule has 0 aliphatic carbocycles. The van der Waals surface area contributed by atoms with Crippen LogP contribution in [0.5, 0.6) is 0 Å². The zero-order valence-electron chi connectivity index (χ0n) is 15.0. The van der Waals surface area contributed by atoms with E-state index in [-0.39, 0.29) is 11.4 Å². The Balaban J connectivity index is 1.54. The normalized spacial score (nSPS) is 11.9. The number of para-hydroxylation sites is 1. The number of oxazole rings is 1. The molecule has 0 radical (unpaired) electrons. The standard InChI is InChI=1S/C20H19N3O3S/c1-13-20(23-14(2)26-13)15-7-9-17(10-8-15)27(24,25)22-12-16-11-21-19-6-4-3-5-18(16)19/h3-11,21-22H,12H2,1-2H3. The molecule has 6 nitrogen and oxygen atoms in total. The smallest absolute Gasteiger partial charge is 0.240 e. The van der Waals surface area contributed by atoms with Gasteiger partial charge in [0.2, 0.25) is 10.0 Å². The van der Waals surface area contributed by atoms with E-state index in [4.69, 9.17) is 4.42 Å². The average Bonchev–Trinajstić information content (AvgIpc) is 3.23. The highest BCUT2D eigenvalue weighted by Crippen LogP contribution is 2.25. The molecule has 0 unspecified atom stereocenters. The Morgan fingerprint density at radius 2 is 1.81 bits per heavy atom. The van der Waals surface area contributed by atoms with E-state index in [1.54, 1.807) is 31.2 Å². The van der Waals surface area contributed by atoms with E-state index in [2.05, 4.69) is 14.7 Å². The minimum absolute atomic E-state index is 0.212. The molecule has 2 N–H and O–H groups in total. The highest BCUT2D eigenvalue weighted by molar-refractivity contribution is 7.89. The van der Waals surface area contributed by atoms with Gasteiger partial charge in [-0.15, -0.1) is 0 Å². The summed E-state index contributed by atoms with van der Waals surface area (Å²) in [6.07, 6.45) is 1.83. The van der Waals surface area contributed by atoms with Crippen molar-refractivity contribution < 1.29 is 12.8 Å². The summed E-state index contributed by atoms with van der Waals surface area (Å²) in [6.45, 7) is 3.84. The summed E-state index contributed by atoms with van der Waals surface area (Å²) in [5.74, 6) is 1.29. The van der Waals surface area contributed by atoms with Gasteiger partial charge in [0.15, 0.2) is 5.89 Å². The molecule has 0 amide bonds. The molecule has 2 heterocycles. The van der Waals surface area contributed by atoms with E-state index in [0.29, 0.717) is 11.7 Å². The van der Waals surface area contributed by atoms with Crippen LogP contribution in [-0.4, -0.2) is 18.4 Å². The van der Waals surface area contributed by atoms with Gasteiger partial charge in [-0.2, -0.15) is 0 Å². The van der Waals surface area contributed by atoms with Crippen molar-refractivity contribution in [2.45, 2.75) is 25.3 Å². The van der Waals surface area contributed by atoms with Gasteiger partial charge in [0.25, 0.3) is 0 Å². The molecular weight excluding hydrogens is 362 g/mol. The van der Waals surface area contributed by atoms with Gasteiger partial charge >= 0.3 is 0 Å². The highest BCUT2D eigenvalue weighted by atomic mass is 32.2. The molecule has 27 heavy (non-hydrogen) atoms. The first-order valence-electron chi connectivity index (χ1n) is 8.53. The van der Waals surface area contributed by atoms with Gasteiger partial charge in [-0.05, 0) is 30.7 Å². The van der Waals surface area contributed by atoms with Crippen molar-refractivity contribution in [2.75, 3.05) is 0 Å². The Morgan fingerprint density at radius 1 is 1.07 bits per heavy atom. The van der Waals surface area contributed by atoms with E-state index in [0.717, 1.165) is 27.7 Å². The monoisotopic (exact) mass is 381 g/mol. The maximum atomic E-state index is 12.6. The second kappa shape index (κ2) is 6.68. The van der Waals surface area contributed by atoms with Crippen LogP contribution >= 0.6 is 0 Å². The van der Waals surface area contributed by atoms with E-state index in [9.17, 15) is 8.42 Å². The molecule has 0 aliphatic heterocycles. The van der Waals surface area contributed by atoms with Crippen LogP contribution in [0.25, 0.3) is 22.2 Å². The first kappa shape index (κ1) is 17.5. The largest absolute Gasteiger partial charge is 0.446 e. The van der Waals surface area contributed by atoms with Crippen molar-refractivity contribution in [2.24, 2.45) is 0 Å². The molecule has 4 aromatic rings. The van der Waals surface area contributed by atoms with Gasteiger partial charge in [-0.3, -0.25) is 0 Å². The minimum Gasteiger partial charge on any atom is -0.446 e. The number of sulfonamides is 1. The van der Waals surface area contributed by atoms with E-state index in [1.165, 1.54) is 0 Å². The molecule has 0 saturated carbocycles. The number of aromatic amines is 1. The summed E-state index contributed by atoms with van der Waals surface area (Å²) in [5.41, 5.74) is 3.43. The molecular formula is C20H19N3O3S. The fourth-order valence-corrected chi connectivity index (χ4v) is 4.13. The summed E-state index contributed by atoms with van der Waals surface area (Å²) in [5, 5.41) is 1.01. The summed E-state index contributed by atoms with van der Waals surface area (Å²) in [7, 11) is -3.62. The third-order valence-corrected chi connectivity index (χ3v) is 5.89. The van der Waals surface area contributed by atoms with E-state index >= 15 is 0 Å². The number of nitrogens with one attached hydrogen (secondary N) is 2. The number of hydrogen-bond acceptors (Lipinski definition) is 4. The van der Waals surface area contributed by atoms with Crippen molar-refractivity contribution in [3.05, 3.63) is 71.9 Å². The first-order valence-corrected chi connectivity index (χ1v) is 10.0. The Morgan fingerprint density at radius 3 is 2.52 bits per heavy atom. The lowest BCUT2D eigenvalue weighted by atomic mass is 10.1. The number of rotatable bonds is 5. The third-order valence-electron chi connectivity index (χ3n) is 4.47. The number of nitrogens with zero attached hydrogens (tertiary/aromatic N) is 1. The van der Waals surface area contributed by atoms with Crippen LogP contribution in [0.1, 0.15) is 17.2 Å². The van der Waals surface area contributed by atoms with Gasteiger partial charge in [0, 0.05) is 36.1 Å². The molecule has 138 valence electrons. The SMILES string of the molecule is Cc1nc(-c2ccc(S(=O)(=O)NCc3c[nH]c4ccccc34)cc2)c(C)o1. The average molecular weight is 381 g/mol. The Labute approximate surface area is 157 Å². The number of H-pyrrole nitrogens is 1. The molecule has 0 saturated heterocycles. The Kier molecular flexibility index (Phi) is 4.33. The second-order valence-corrected chi connectivity index (χ2v) is 8.11. The topological polar surface area (TPSA) is 88.0 Å². The second-order valence-electron chi connectivity index (χ2n) is 6.35. The fourth-order valence-electron chi connectivity index (χ4n) is 3.12. The van der Waals surface area contributed by atoms with Crippen molar-refractivity contribution >= 4 is 20.9 Å². The van der Waals surface area contributed by atoms with Crippen molar-refractivity contribution in [3.63, 3.8) is 0 Å². The van der Waals surface area contributed by atoms with Crippen LogP contribution in [0, 0.1) is 13.8 Å². The van der Waals surface area contributed by atoms with Crippen LogP contribution in [-0.2, 0) is 16.6 Å². The predicted octanol–water partition coefficient (Wildman–Crippen LogP) is 3.92. The summed E-state index contributed by atoms with van der Waals surface area (Å²) < 4.78 is 33.4. The van der Waals surface area contributed by atoms with Crippen molar-refractivity contribution in [3.8, 4) is 11.3 Å². The van der Waals surface area contributed by atoms with Crippen molar-refractivity contribution in [1.82, 2.24) is 14.7 Å². The van der Waals surface area contributed by atoms with Gasteiger partial charge in [-0.1, -0.05) is 30.3 Å². The molecule has 7 heteroatoms. The molecule has 2 aromatic heterocycles. The summed E-state index contributed by atoms with van der Waals surface area (Å²) in [4.78, 5) is 7.69. The maximum absolute atomic E-state index is 12.6. The molecule has 0 spiro atoms. The van der Waals surface area contributed by atoms with Crippen LogP contribution in [0.15, 0.2) is 64.0 Å². The van der Waals surface area contributed by atoms with Crippen LogP contribution < -0.4 is 4.72 Å². The third kappa shape index (κ3) is 3.39.